The molecule has 37 heavy (non-hydrogen) atoms. The van der Waals surface area contributed by atoms with Crippen LogP contribution < -0.4 is 4.90 Å². The number of H-pyrrole nitrogens is 1. The summed E-state index contributed by atoms with van der Waals surface area (Å²) in [6.45, 7) is 5.39. The molecule has 0 unspecified atom stereocenters. The molecule has 12 heteroatoms. The highest BCUT2D eigenvalue weighted by atomic mass is 16.6. The third-order valence-electron chi connectivity index (χ3n) is 6.53. The zero-order chi connectivity index (χ0) is 25.5. The van der Waals surface area contributed by atoms with Crippen molar-refractivity contribution in [3.8, 4) is 17.1 Å². The van der Waals surface area contributed by atoms with Crippen molar-refractivity contribution in [1.82, 2.24) is 39.9 Å². The van der Waals surface area contributed by atoms with Gasteiger partial charge < -0.3 is 14.8 Å². The second-order valence-corrected chi connectivity index (χ2v) is 8.86. The lowest BCUT2D eigenvalue weighted by Crippen LogP contribution is -2.50. The van der Waals surface area contributed by atoms with Gasteiger partial charge in [-0.05, 0) is 29.7 Å². The van der Waals surface area contributed by atoms with Crippen LogP contribution in [0.2, 0.25) is 0 Å². The van der Waals surface area contributed by atoms with Crippen LogP contribution in [-0.4, -0.2) is 77.8 Å². The average Bonchev–Trinajstić information content (AvgIpc) is 3.69. The Morgan fingerprint density at radius 3 is 2.49 bits per heavy atom. The van der Waals surface area contributed by atoms with Crippen LogP contribution in [0.4, 0.5) is 5.82 Å². The second-order valence-electron chi connectivity index (χ2n) is 8.86. The fourth-order valence-corrected chi connectivity index (χ4v) is 4.65. The Hall–Kier alpha value is -4.87. The Morgan fingerprint density at radius 2 is 1.76 bits per heavy atom. The molecule has 1 fully saturated rings. The Labute approximate surface area is 210 Å². The van der Waals surface area contributed by atoms with Crippen LogP contribution in [0.25, 0.3) is 28.0 Å². The van der Waals surface area contributed by atoms with Gasteiger partial charge in [0.15, 0.2) is 11.5 Å². The van der Waals surface area contributed by atoms with Gasteiger partial charge in [0.05, 0.1) is 11.1 Å². The van der Waals surface area contributed by atoms with Crippen LogP contribution in [0.15, 0.2) is 53.7 Å². The lowest BCUT2D eigenvalue weighted by Gasteiger charge is -2.34. The first kappa shape index (κ1) is 22.6. The van der Waals surface area contributed by atoms with E-state index in [1.807, 2.05) is 42.2 Å². The van der Waals surface area contributed by atoms with Crippen molar-refractivity contribution in [3.05, 3.63) is 66.0 Å². The van der Waals surface area contributed by atoms with Crippen molar-refractivity contribution in [3.63, 3.8) is 0 Å². The molecule has 1 amide bonds. The zero-order valence-corrected chi connectivity index (χ0v) is 20.2. The van der Waals surface area contributed by atoms with Crippen LogP contribution in [-0.2, 0) is 4.79 Å². The minimum atomic E-state index is -0.567. The standard InChI is InChI=1S/C25H23N9O3/c1-15-12-27-23(34-14-28-16(2)29-34)21-19(15)18(13-26-21)22(35)25(36)33-10-8-32(9-11-33)24-20(30-37-31-24)17-6-4-3-5-7-17/h3-7,12-14,26H,8-11H2,1-2H3. The van der Waals surface area contributed by atoms with E-state index < -0.39 is 11.7 Å². The van der Waals surface area contributed by atoms with E-state index in [0.29, 0.717) is 65.8 Å². The van der Waals surface area contributed by atoms with Gasteiger partial charge in [0, 0.05) is 49.5 Å². The van der Waals surface area contributed by atoms with Crippen molar-refractivity contribution in [2.75, 3.05) is 31.1 Å². The van der Waals surface area contributed by atoms with Crippen molar-refractivity contribution >= 4 is 28.4 Å². The predicted octanol–water partition coefficient (Wildman–Crippen LogP) is 2.34. The summed E-state index contributed by atoms with van der Waals surface area (Å²) in [5, 5.41) is 13.1. The Morgan fingerprint density at radius 1 is 0.973 bits per heavy atom. The molecule has 6 rings (SSSR count). The number of carbonyl (C=O) groups is 2. The molecule has 0 radical (unpaired) electrons. The average molecular weight is 498 g/mol. The molecule has 0 bridgehead atoms. The van der Waals surface area contributed by atoms with Gasteiger partial charge in [-0.3, -0.25) is 9.59 Å². The van der Waals surface area contributed by atoms with Crippen LogP contribution in [0.3, 0.4) is 0 Å². The summed E-state index contributed by atoms with van der Waals surface area (Å²) in [5.74, 6) is 0.626. The Kier molecular flexibility index (Phi) is 5.48. The summed E-state index contributed by atoms with van der Waals surface area (Å²) in [4.78, 5) is 41.9. The number of hydrogen-bond donors (Lipinski definition) is 1. The SMILES string of the molecule is Cc1ncn(-c2ncc(C)c3c(C(=O)C(=O)N4CCN(c5nonc5-c5ccccc5)CC4)c[nH]c23)n1. The number of aromatic nitrogens is 7. The van der Waals surface area contributed by atoms with Crippen LogP contribution in [0.5, 0.6) is 0 Å². The van der Waals surface area contributed by atoms with E-state index in [2.05, 4.69) is 30.4 Å². The number of piperazine rings is 1. The molecular weight excluding hydrogens is 474 g/mol. The maximum atomic E-state index is 13.4. The van der Waals surface area contributed by atoms with Gasteiger partial charge in [-0.15, -0.1) is 0 Å². The molecule has 1 aromatic carbocycles. The summed E-state index contributed by atoms with van der Waals surface area (Å²) >= 11 is 0. The maximum Gasteiger partial charge on any atom is 0.295 e. The highest BCUT2D eigenvalue weighted by Crippen LogP contribution is 2.29. The van der Waals surface area contributed by atoms with E-state index in [1.54, 1.807) is 35.2 Å². The molecule has 186 valence electrons. The molecule has 4 aromatic heterocycles. The smallest absolute Gasteiger partial charge is 0.295 e. The third-order valence-corrected chi connectivity index (χ3v) is 6.53. The highest BCUT2D eigenvalue weighted by molar-refractivity contribution is 6.45. The number of nitrogens with one attached hydrogen (secondary N) is 1. The largest absolute Gasteiger partial charge is 0.357 e. The van der Waals surface area contributed by atoms with Crippen molar-refractivity contribution in [2.24, 2.45) is 0 Å². The number of Topliss-reactive ketones (excluding diaryl/α,β-unsaturated/α-hetero) is 1. The van der Waals surface area contributed by atoms with E-state index in [0.717, 1.165) is 11.1 Å². The molecule has 0 spiro atoms. The highest BCUT2D eigenvalue weighted by Gasteiger charge is 2.31. The van der Waals surface area contributed by atoms with Crippen LogP contribution in [0.1, 0.15) is 21.7 Å². The fraction of sp³-hybridized carbons (Fsp3) is 0.240. The van der Waals surface area contributed by atoms with Crippen molar-refractivity contribution in [1.29, 1.82) is 0 Å². The second kappa shape index (κ2) is 8.97. The topological polar surface area (TPSA) is 139 Å². The van der Waals surface area contributed by atoms with Crippen LogP contribution in [0, 0.1) is 13.8 Å². The van der Waals surface area contributed by atoms with Gasteiger partial charge in [0.1, 0.15) is 12.2 Å². The van der Waals surface area contributed by atoms with Gasteiger partial charge in [0.25, 0.3) is 11.7 Å². The van der Waals surface area contributed by atoms with Gasteiger partial charge in [0.2, 0.25) is 5.82 Å². The van der Waals surface area contributed by atoms with E-state index in [4.69, 9.17) is 4.63 Å². The number of hydrogen-bond acceptors (Lipinski definition) is 9. The number of amides is 1. The number of aromatic amines is 1. The number of nitrogens with zero attached hydrogens (tertiary/aromatic N) is 8. The van der Waals surface area contributed by atoms with Crippen LogP contribution >= 0.6 is 0 Å². The summed E-state index contributed by atoms with van der Waals surface area (Å²) in [5.41, 5.74) is 3.27. The molecular formula is C25H23N9O3. The number of rotatable bonds is 5. The van der Waals surface area contributed by atoms with Gasteiger partial charge >= 0.3 is 0 Å². The Balaban J connectivity index is 1.21. The maximum absolute atomic E-state index is 13.4. The predicted molar refractivity (Wildman–Crippen MR) is 133 cm³/mol. The summed E-state index contributed by atoms with van der Waals surface area (Å²) < 4.78 is 6.56. The molecule has 1 aliphatic heterocycles. The first-order valence-electron chi connectivity index (χ1n) is 11.8. The molecule has 0 saturated carbocycles. The lowest BCUT2D eigenvalue weighted by molar-refractivity contribution is -0.126. The number of fused-ring (bicyclic) bond motifs is 1. The molecule has 12 nitrogen and oxygen atoms in total. The number of carbonyl (C=O) groups excluding carboxylic acids is 2. The third kappa shape index (κ3) is 3.92. The van der Waals surface area contributed by atoms with E-state index in [1.165, 1.54) is 0 Å². The summed E-state index contributed by atoms with van der Waals surface area (Å²) in [6.07, 6.45) is 4.79. The normalized spacial score (nSPS) is 13.9. The molecule has 1 N–H and O–H groups in total. The first-order valence-corrected chi connectivity index (χ1v) is 11.8. The number of ketones is 1. The number of aryl methyl sites for hydroxylation is 2. The number of anilines is 1. The summed E-state index contributed by atoms with van der Waals surface area (Å²) in [6, 6.07) is 9.66. The van der Waals surface area contributed by atoms with Crippen molar-refractivity contribution < 1.29 is 14.2 Å². The van der Waals surface area contributed by atoms with E-state index in [-0.39, 0.29) is 0 Å². The van der Waals surface area contributed by atoms with Gasteiger partial charge in [-0.2, -0.15) is 5.10 Å². The quantitative estimate of drug-likeness (QED) is 0.286. The lowest BCUT2D eigenvalue weighted by atomic mass is 10.1. The minimum Gasteiger partial charge on any atom is -0.357 e. The summed E-state index contributed by atoms with van der Waals surface area (Å²) in [7, 11) is 0. The monoisotopic (exact) mass is 497 g/mol. The number of benzene rings is 1. The fourth-order valence-electron chi connectivity index (χ4n) is 4.65. The number of pyridine rings is 1. The molecule has 1 aliphatic rings. The molecule has 5 aromatic rings. The Bertz CT molecular complexity index is 1610. The van der Waals surface area contributed by atoms with Crippen molar-refractivity contribution in [2.45, 2.75) is 13.8 Å². The van der Waals surface area contributed by atoms with E-state index in [9.17, 15) is 9.59 Å². The zero-order valence-electron chi connectivity index (χ0n) is 20.2. The molecule has 5 heterocycles. The minimum absolute atomic E-state index is 0.312. The van der Waals surface area contributed by atoms with Gasteiger partial charge in [-0.25, -0.2) is 19.3 Å². The molecule has 0 atom stereocenters. The van der Waals surface area contributed by atoms with Gasteiger partial charge in [-0.1, -0.05) is 30.3 Å². The first-order chi connectivity index (χ1) is 18.0. The molecule has 1 saturated heterocycles. The molecule has 0 aliphatic carbocycles. The van der Waals surface area contributed by atoms with E-state index >= 15 is 0 Å².